The second-order valence-corrected chi connectivity index (χ2v) is 4.23. The molecule has 1 aromatic carbocycles. The van der Waals surface area contributed by atoms with Crippen LogP contribution in [-0.2, 0) is 0 Å². The predicted molar refractivity (Wildman–Crippen MR) is 72.4 cm³/mol. The third-order valence-electron chi connectivity index (χ3n) is 2.35. The van der Waals surface area contributed by atoms with E-state index in [9.17, 15) is 13.2 Å². The van der Waals surface area contributed by atoms with Gasteiger partial charge < -0.3 is 10.1 Å². The first kappa shape index (κ1) is 18.8. The molecule has 20 heavy (non-hydrogen) atoms. The zero-order valence-electron chi connectivity index (χ0n) is 10.5. The molecule has 8 heteroatoms. The number of nitriles is 1. The highest BCUT2D eigenvalue weighted by atomic mass is 35.5. The van der Waals surface area contributed by atoms with Gasteiger partial charge in [0.05, 0.1) is 5.56 Å². The largest absolute Gasteiger partial charge is 0.479 e. The van der Waals surface area contributed by atoms with Crippen LogP contribution in [0.5, 0.6) is 5.75 Å². The van der Waals surface area contributed by atoms with Crippen molar-refractivity contribution in [2.45, 2.75) is 18.7 Å². The Labute approximate surface area is 126 Å². The minimum atomic E-state index is -4.51. The lowest BCUT2D eigenvalue weighted by Crippen LogP contribution is -2.36. The molecular formula is C12H13Cl2F3N2O. The van der Waals surface area contributed by atoms with Crippen molar-refractivity contribution in [2.75, 3.05) is 13.6 Å². The molecule has 0 fully saturated rings. The lowest BCUT2D eigenvalue weighted by Gasteiger charge is -2.22. The lowest BCUT2D eigenvalue weighted by molar-refractivity contribution is -0.196. The first-order valence-electron chi connectivity index (χ1n) is 5.46. The molecule has 0 heterocycles. The zero-order chi connectivity index (χ0) is 14.5. The molecule has 0 amide bonds. The van der Waals surface area contributed by atoms with Gasteiger partial charge >= 0.3 is 6.18 Å². The number of nitrogens with one attached hydrogen (secondary N) is 1. The molecule has 3 nitrogen and oxygen atoms in total. The van der Waals surface area contributed by atoms with Crippen molar-refractivity contribution in [1.29, 1.82) is 5.26 Å². The summed E-state index contributed by atoms with van der Waals surface area (Å²) in [6.07, 6.45) is -6.74. The standard InChI is InChI=1S/C12H12ClF3N2O.ClH/c1-18-5-4-11(12(14,15)16)19-10-6-9(13)3-2-8(10)7-17;/h2-3,6,11,18H,4-5H2,1H3;1H. The first-order chi connectivity index (χ1) is 8.88. The summed E-state index contributed by atoms with van der Waals surface area (Å²) in [5.74, 6) is -0.159. The van der Waals surface area contributed by atoms with Crippen LogP contribution in [0.2, 0.25) is 5.02 Å². The Morgan fingerprint density at radius 1 is 1.45 bits per heavy atom. The second kappa shape index (κ2) is 8.20. The second-order valence-electron chi connectivity index (χ2n) is 3.79. The van der Waals surface area contributed by atoms with E-state index >= 15 is 0 Å². The van der Waals surface area contributed by atoms with E-state index in [-0.39, 0.29) is 41.7 Å². The molecule has 1 unspecified atom stereocenters. The van der Waals surface area contributed by atoms with Gasteiger partial charge in [0.2, 0.25) is 0 Å². The summed E-state index contributed by atoms with van der Waals surface area (Å²) in [6, 6.07) is 5.72. The highest BCUT2D eigenvalue weighted by molar-refractivity contribution is 6.30. The van der Waals surface area contributed by atoms with Crippen LogP contribution < -0.4 is 10.1 Å². The van der Waals surface area contributed by atoms with Crippen LogP contribution in [0.4, 0.5) is 13.2 Å². The molecular weight excluding hydrogens is 316 g/mol. The highest BCUT2D eigenvalue weighted by Gasteiger charge is 2.41. The van der Waals surface area contributed by atoms with E-state index in [1.807, 2.05) is 0 Å². The Hall–Kier alpha value is -1.16. The number of rotatable bonds is 5. The van der Waals surface area contributed by atoms with E-state index in [0.717, 1.165) is 0 Å². The van der Waals surface area contributed by atoms with Crippen LogP contribution in [0.25, 0.3) is 0 Å². The van der Waals surface area contributed by atoms with Crippen molar-refractivity contribution in [3.05, 3.63) is 28.8 Å². The Morgan fingerprint density at radius 3 is 2.60 bits per heavy atom. The van der Waals surface area contributed by atoms with Gasteiger partial charge in [-0.05, 0) is 25.7 Å². The molecule has 0 saturated heterocycles. The molecule has 112 valence electrons. The van der Waals surface area contributed by atoms with E-state index in [2.05, 4.69) is 5.32 Å². The van der Waals surface area contributed by atoms with Crippen molar-refractivity contribution in [1.82, 2.24) is 5.32 Å². The number of hydrogen-bond acceptors (Lipinski definition) is 3. The molecule has 0 aliphatic carbocycles. The van der Waals surface area contributed by atoms with E-state index in [0.29, 0.717) is 0 Å². The fourth-order valence-corrected chi connectivity index (χ4v) is 1.57. The summed E-state index contributed by atoms with van der Waals surface area (Å²) in [4.78, 5) is 0. The highest BCUT2D eigenvalue weighted by Crippen LogP contribution is 2.30. The van der Waals surface area contributed by atoms with Gasteiger partial charge in [-0.2, -0.15) is 18.4 Å². The smallest absolute Gasteiger partial charge is 0.425 e. The fraction of sp³-hybridized carbons (Fsp3) is 0.417. The number of nitrogens with zero attached hydrogens (tertiary/aromatic N) is 1. The first-order valence-corrected chi connectivity index (χ1v) is 5.84. The van der Waals surface area contributed by atoms with E-state index in [1.54, 1.807) is 13.1 Å². The Kier molecular flexibility index (Phi) is 7.72. The minimum Gasteiger partial charge on any atom is -0.479 e. The Morgan fingerprint density at radius 2 is 2.10 bits per heavy atom. The Balaban J connectivity index is 0.00000361. The van der Waals surface area contributed by atoms with Crippen LogP contribution >= 0.6 is 24.0 Å². The summed E-state index contributed by atoms with van der Waals surface area (Å²) in [5, 5.41) is 11.7. The molecule has 0 saturated carbocycles. The molecule has 0 bridgehead atoms. The van der Waals surface area contributed by atoms with Gasteiger partial charge in [0.15, 0.2) is 6.10 Å². The van der Waals surface area contributed by atoms with Crippen molar-refractivity contribution in [3.63, 3.8) is 0 Å². The predicted octanol–water partition coefficient (Wildman–Crippen LogP) is 3.55. The van der Waals surface area contributed by atoms with Crippen LogP contribution in [0, 0.1) is 11.3 Å². The average molecular weight is 329 g/mol. The summed E-state index contributed by atoms with van der Waals surface area (Å²) in [7, 11) is 1.55. The van der Waals surface area contributed by atoms with Crippen molar-refractivity contribution in [2.24, 2.45) is 0 Å². The minimum absolute atomic E-state index is 0. The van der Waals surface area contributed by atoms with Crippen molar-refractivity contribution >= 4 is 24.0 Å². The van der Waals surface area contributed by atoms with Gasteiger partial charge in [-0.3, -0.25) is 0 Å². The molecule has 1 rings (SSSR count). The molecule has 1 aromatic rings. The van der Waals surface area contributed by atoms with Crippen molar-refractivity contribution < 1.29 is 17.9 Å². The summed E-state index contributed by atoms with van der Waals surface area (Å²) < 4.78 is 43.3. The molecule has 0 aliphatic rings. The topological polar surface area (TPSA) is 45.0 Å². The monoisotopic (exact) mass is 328 g/mol. The maximum absolute atomic E-state index is 12.8. The number of hydrogen-bond donors (Lipinski definition) is 1. The van der Waals surface area contributed by atoms with E-state index in [1.165, 1.54) is 18.2 Å². The number of ether oxygens (including phenoxy) is 1. The molecule has 0 aromatic heterocycles. The molecule has 0 aliphatic heterocycles. The maximum atomic E-state index is 12.8. The summed E-state index contributed by atoms with van der Waals surface area (Å²) >= 11 is 5.69. The third-order valence-corrected chi connectivity index (χ3v) is 2.59. The summed E-state index contributed by atoms with van der Waals surface area (Å²) in [5.41, 5.74) is 0.0168. The zero-order valence-corrected chi connectivity index (χ0v) is 12.1. The van der Waals surface area contributed by atoms with Gasteiger partial charge in [0.25, 0.3) is 0 Å². The maximum Gasteiger partial charge on any atom is 0.425 e. The number of benzene rings is 1. The molecule has 1 atom stereocenters. The van der Waals surface area contributed by atoms with Gasteiger partial charge in [-0.1, -0.05) is 11.6 Å². The Bertz CT molecular complexity index is 475. The van der Waals surface area contributed by atoms with Crippen LogP contribution in [0.3, 0.4) is 0 Å². The fourth-order valence-electron chi connectivity index (χ4n) is 1.40. The van der Waals surface area contributed by atoms with Crippen LogP contribution in [0.15, 0.2) is 18.2 Å². The normalized spacial score (nSPS) is 12.2. The number of halogens is 5. The molecule has 0 spiro atoms. The lowest BCUT2D eigenvalue weighted by atomic mass is 10.2. The average Bonchev–Trinajstić information content (AvgIpc) is 2.33. The van der Waals surface area contributed by atoms with Crippen LogP contribution in [0.1, 0.15) is 12.0 Å². The quantitative estimate of drug-likeness (QED) is 0.898. The molecule has 0 radical (unpaired) electrons. The van der Waals surface area contributed by atoms with E-state index in [4.69, 9.17) is 21.6 Å². The van der Waals surface area contributed by atoms with Gasteiger partial charge in [0.1, 0.15) is 11.8 Å². The number of alkyl halides is 3. The third kappa shape index (κ3) is 5.45. The van der Waals surface area contributed by atoms with Gasteiger partial charge in [-0.25, -0.2) is 0 Å². The van der Waals surface area contributed by atoms with Crippen LogP contribution in [-0.4, -0.2) is 25.9 Å². The van der Waals surface area contributed by atoms with Gasteiger partial charge in [-0.15, -0.1) is 12.4 Å². The summed E-state index contributed by atoms with van der Waals surface area (Å²) in [6.45, 7) is 0.145. The van der Waals surface area contributed by atoms with Gasteiger partial charge in [0, 0.05) is 17.5 Å². The molecule has 1 N–H and O–H groups in total. The SMILES string of the molecule is CNCCC(Oc1cc(Cl)ccc1C#N)C(F)(F)F.Cl. The van der Waals surface area contributed by atoms with Crippen molar-refractivity contribution in [3.8, 4) is 11.8 Å². The van der Waals surface area contributed by atoms with E-state index < -0.39 is 12.3 Å².